The number of hydrogen-bond acceptors (Lipinski definition) is 5. The number of nitrogens with two attached hydrogens (primary N) is 1. The van der Waals surface area contributed by atoms with Crippen LogP contribution in [0.1, 0.15) is 52.9 Å². The zero-order valence-corrected chi connectivity index (χ0v) is 20.4. The fraction of sp³-hybridized carbons (Fsp3) is 0.321. The molecule has 35 heavy (non-hydrogen) atoms. The third-order valence-electron chi connectivity index (χ3n) is 6.02. The number of carbonyl (C=O) groups is 1. The molecule has 0 saturated carbocycles. The topological polar surface area (TPSA) is 91.0 Å². The fourth-order valence-corrected chi connectivity index (χ4v) is 4.42. The smallest absolute Gasteiger partial charge is 0.248 e. The van der Waals surface area contributed by atoms with E-state index in [0.717, 1.165) is 22.4 Å². The van der Waals surface area contributed by atoms with Crippen LogP contribution in [0.5, 0.6) is 11.5 Å². The van der Waals surface area contributed by atoms with E-state index in [1.54, 1.807) is 24.3 Å². The Morgan fingerprint density at radius 2 is 1.71 bits per heavy atom. The molecule has 1 heterocycles. The number of amides is 1. The van der Waals surface area contributed by atoms with E-state index in [1.807, 2.05) is 43.3 Å². The second-order valence-electron chi connectivity index (χ2n) is 8.68. The van der Waals surface area contributed by atoms with Crippen molar-refractivity contribution in [1.82, 2.24) is 0 Å². The number of hydrogen-bond donors (Lipinski definition) is 2. The van der Waals surface area contributed by atoms with Gasteiger partial charge in [0.2, 0.25) is 5.91 Å². The molecule has 0 radical (unpaired) electrons. The molecule has 1 aliphatic rings. The standard InChI is InChI=1S/C28H30ClNO5/c1-2-33-23-8-3-18(4-9-23)13-21-14-20(7-12-26(21)29)27-16-22(31)15-25(35-27)17-34-24-10-5-19(6-11-24)28(30)32/h3-12,14,22,25,27,31H,2,13,15-17H2,1H3,(H2,30,32). The Kier molecular flexibility index (Phi) is 8.29. The molecular weight excluding hydrogens is 466 g/mol. The lowest BCUT2D eigenvalue weighted by atomic mass is 9.94. The second kappa shape index (κ2) is 11.6. The first-order valence-corrected chi connectivity index (χ1v) is 12.1. The van der Waals surface area contributed by atoms with E-state index in [2.05, 4.69) is 6.07 Å². The van der Waals surface area contributed by atoms with Crippen LogP contribution in [0, 0.1) is 0 Å². The maximum absolute atomic E-state index is 11.2. The first-order valence-electron chi connectivity index (χ1n) is 11.8. The Balaban J connectivity index is 1.41. The van der Waals surface area contributed by atoms with Crippen molar-refractivity contribution >= 4 is 17.5 Å². The van der Waals surface area contributed by atoms with Gasteiger partial charge in [-0.1, -0.05) is 35.9 Å². The number of aliphatic hydroxyl groups is 1. The number of halogens is 1. The van der Waals surface area contributed by atoms with Gasteiger partial charge in [-0.3, -0.25) is 4.79 Å². The van der Waals surface area contributed by atoms with Crippen molar-refractivity contribution in [3.8, 4) is 11.5 Å². The molecule has 6 nitrogen and oxygen atoms in total. The van der Waals surface area contributed by atoms with Gasteiger partial charge in [0.1, 0.15) is 18.1 Å². The number of aliphatic hydroxyl groups excluding tert-OH is 1. The molecular formula is C28H30ClNO5. The first kappa shape index (κ1) is 25.0. The molecule has 3 unspecified atom stereocenters. The van der Waals surface area contributed by atoms with Gasteiger partial charge in [0, 0.05) is 23.4 Å². The van der Waals surface area contributed by atoms with Gasteiger partial charge in [0.25, 0.3) is 0 Å². The Morgan fingerprint density at radius 1 is 1.03 bits per heavy atom. The van der Waals surface area contributed by atoms with Crippen LogP contribution in [0.3, 0.4) is 0 Å². The van der Waals surface area contributed by atoms with Crippen LogP contribution in [0.4, 0.5) is 0 Å². The van der Waals surface area contributed by atoms with Crippen LogP contribution in [0.15, 0.2) is 66.7 Å². The number of primary amides is 1. The normalized spacial score (nSPS) is 19.8. The van der Waals surface area contributed by atoms with Crippen molar-refractivity contribution < 1.29 is 24.1 Å². The van der Waals surface area contributed by atoms with E-state index < -0.39 is 12.0 Å². The van der Waals surface area contributed by atoms with E-state index in [4.69, 9.17) is 31.5 Å². The first-order chi connectivity index (χ1) is 16.9. The maximum atomic E-state index is 11.2. The Morgan fingerprint density at radius 3 is 2.40 bits per heavy atom. The summed E-state index contributed by atoms with van der Waals surface area (Å²) in [5.74, 6) is 0.972. The van der Waals surface area contributed by atoms with Crippen LogP contribution >= 0.6 is 11.6 Å². The zero-order chi connectivity index (χ0) is 24.8. The Bertz CT molecular complexity index is 1130. The van der Waals surface area contributed by atoms with E-state index in [-0.39, 0.29) is 18.8 Å². The highest BCUT2D eigenvalue weighted by Crippen LogP contribution is 2.34. The van der Waals surface area contributed by atoms with Gasteiger partial charge in [-0.15, -0.1) is 0 Å². The quantitative estimate of drug-likeness (QED) is 0.431. The van der Waals surface area contributed by atoms with Gasteiger partial charge in [-0.05, 0) is 72.5 Å². The lowest BCUT2D eigenvalue weighted by Gasteiger charge is -2.33. The van der Waals surface area contributed by atoms with Crippen molar-refractivity contribution in [3.05, 3.63) is 94.0 Å². The monoisotopic (exact) mass is 495 g/mol. The summed E-state index contributed by atoms with van der Waals surface area (Å²) in [6.45, 7) is 2.88. The molecule has 3 atom stereocenters. The highest BCUT2D eigenvalue weighted by atomic mass is 35.5. The van der Waals surface area contributed by atoms with Crippen molar-refractivity contribution in [2.24, 2.45) is 5.73 Å². The fourth-order valence-electron chi connectivity index (χ4n) is 4.24. The second-order valence-corrected chi connectivity index (χ2v) is 9.08. The van der Waals surface area contributed by atoms with E-state index in [0.29, 0.717) is 42.2 Å². The van der Waals surface area contributed by atoms with Gasteiger partial charge in [-0.2, -0.15) is 0 Å². The summed E-state index contributed by atoms with van der Waals surface area (Å²) in [5, 5.41) is 11.2. The van der Waals surface area contributed by atoms with Gasteiger partial charge in [0.05, 0.1) is 24.9 Å². The number of benzene rings is 3. The van der Waals surface area contributed by atoms with E-state index >= 15 is 0 Å². The number of carbonyl (C=O) groups excluding carboxylic acids is 1. The molecule has 7 heteroatoms. The summed E-state index contributed by atoms with van der Waals surface area (Å²) in [5.41, 5.74) is 8.81. The third kappa shape index (κ3) is 6.75. The minimum atomic E-state index is -0.496. The highest BCUT2D eigenvalue weighted by molar-refractivity contribution is 6.31. The third-order valence-corrected chi connectivity index (χ3v) is 6.39. The minimum Gasteiger partial charge on any atom is -0.494 e. The maximum Gasteiger partial charge on any atom is 0.248 e. The lowest BCUT2D eigenvalue weighted by molar-refractivity contribution is -0.110. The van der Waals surface area contributed by atoms with Gasteiger partial charge < -0.3 is 25.1 Å². The molecule has 4 rings (SSSR count). The van der Waals surface area contributed by atoms with Crippen LogP contribution in [0.2, 0.25) is 5.02 Å². The van der Waals surface area contributed by atoms with E-state index in [9.17, 15) is 9.90 Å². The average molecular weight is 496 g/mol. The van der Waals surface area contributed by atoms with E-state index in [1.165, 1.54) is 0 Å². The molecule has 3 aromatic rings. The lowest BCUT2D eigenvalue weighted by Crippen LogP contribution is -2.35. The molecule has 0 bridgehead atoms. The van der Waals surface area contributed by atoms with Crippen molar-refractivity contribution in [2.45, 2.75) is 44.5 Å². The van der Waals surface area contributed by atoms with Crippen LogP contribution in [-0.4, -0.2) is 36.4 Å². The van der Waals surface area contributed by atoms with Gasteiger partial charge in [-0.25, -0.2) is 0 Å². The van der Waals surface area contributed by atoms with Crippen molar-refractivity contribution in [3.63, 3.8) is 0 Å². The molecule has 3 aromatic carbocycles. The summed E-state index contributed by atoms with van der Waals surface area (Å²) in [7, 11) is 0. The Hall–Kier alpha value is -3.06. The van der Waals surface area contributed by atoms with Crippen molar-refractivity contribution in [1.29, 1.82) is 0 Å². The molecule has 3 N–H and O–H groups in total. The minimum absolute atomic E-state index is 0.263. The van der Waals surface area contributed by atoms with Crippen LogP contribution in [0.25, 0.3) is 0 Å². The number of ether oxygens (including phenoxy) is 3. The summed E-state index contributed by atoms with van der Waals surface area (Å²) in [4.78, 5) is 11.2. The zero-order valence-electron chi connectivity index (χ0n) is 19.7. The number of rotatable bonds is 9. The molecule has 1 saturated heterocycles. The highest BCUT2D eigenvalue weighted by Gasteiger charge is 2.30. The van der Waals surface area contributed by atoms with Crippen LogP contribution < -0.4 is 15.2 Å². The SMILES string of the molecule is CCOc1ccc(Cc2cc(C3CC(O)CC(COc4ccc(C(N)=O)cc4)O3)ccc2Cl)cc1. The Labute approximate surface area is 210 Å². The predicted octanol–water partition coefficient (Wildman–Crippen LogP) is 5.09. The molecule has 184 valence electrons. The molecule has 1 amide bonds. The molecule has 0 aromatic heterocycles. The largest absolute Gasteiger partial charge is 0.494 e. The molecule has 1 fully saturated rings. The molecule has 0 aliphatic carbocycles. The summed E-state index contributed by atoms with van der Waals surface area (Å²) < 4.78 is 17.7. The summed E-state index contributed by atoms with van der Waals surface area (Å²) in [6, 6.07) is 20.5. The summed E-state index contributed by atoms with van der Waals surface area (Å²) >= 11 is 6.51. The predicted molar refractivity (Wildman–Crippen MR) is 135 cm³/mol. The average Bonchev–Trinajstić information content (AvgIpc) is 2.85. The molecule has 1 aliphatic heterocycles. The summed E-state index contributed by atoms with van der Waals surface area (Å²) in [6.07, 6.45) is 0.647. The van der Waals surface area contributed by atoms with Gasteiger partial charge >= 0.3 is 0 Å². The van der Waals surface area contributed by atoms with Gasteiger partial charge in [0.15, 0.2) is 0 Å². The van der Waals surface area contributed by atoms with Crippen LogP contribution in [-0.2, 0) is 11.2 Å². The van der Waals surface area contributed by atoms with Crippen molar-refractivity contribution in [2.75, 3.05) is 13.2 Å². The molecule has 0 spiro atoms.